The Labute approximate surface area is 130 Å². The Morgan fingerprint density at radius 2 is 2.20 bits per heavy atom. The lowest BCUT2D eigenvalue weighted by Crippen LogP contribution is -2.37. The average molecular weight is 338 g/mol. The molecule has 1 saturated carbocycles. The van der Waals surface area contributed by atoms with E-state index in [-0.39, 0.29) is 0 Å². The van der Waals surface area contributed by atoms with Crippen molar-refractivity contribution in [1.82, 2.24) is 0 Å². The van der Waals surface area contributed by atoms with E-state index in [1.807, 2.05) is 0 Å². The molecular weight excluding hydrogens is 314 g/mol. The van der Waals surface area contributed by atoms with Crippen LogP contribution in [0.25, 0.3) is 0 Å². The lowest BCUT2D eigenvalue weighted by atomic mass is 9.74. The number of fused-ring (bicyclic) bond motifs is 1. The fourth-order valence-electron chi connectivity index (χ4n) is 3.77. The minimum absolute atomic E-state index is 0.355. The van der Waals surface area contributed by atoms with E-state index >= 15 is 0 Å². The van der Waals surface area contributed by atoms with Crippen LogP contribution >= 0.6 is 15.9 Å². The van der Waals surface area contributed by atoms with Crippen LogP contribution in [0.15, 0.2) is 16.6 Å². The molecule has 2 aliphatic rings. The highest BCUT2D eigenvalue weighted by atomic mass is 79.9. The SMILES string of the molecule is CCC1CCC(N)C(Cc2cc(Br)cc3c2OCC3)C1. The van der Waals surface area contributed by atoms with Crippen molar-refractivity contribution in [2.75, 3.05) is 6.61 Å². The molecule has 3 atom stereocenters. The summed E-state index contributed by atoms with van der Waals surface area (Å²) in [5.41, 5.74) is 9.08. The second-order valence-corrected chi connectivity index (χ2v) is 7.28. The molecule has 1 aromatic carbocycles. The van der Waals surface area contributed by atoms with E-state index in [1.165, 1.54) is 41.3 Å². The van der Waals surface area contributed by atoms with Crippen LogP contribution in [0.4, 0.5) is 0 Å². The van der Waals surface area contributed by atoms with Gasteiger partial charge in [-0.3, -0.25) is 0 Å². The molecule has 0 aromatic heterocycles. The van der Waals surface area contributed by atoms with E-state index in [0.717, 1.165) is 31.1 Å². The van der Waals surface area contributed by atoms with Crippen molar-refractivity contribution in [3.05, 3.63) is 27.7 Å². The maximum Gasteiger partial charge on any atom is 0.125 e. The maximum absolute atomic E-state index is 6.37. The Hall–Kier alpha value is -0.540. The molecule has 110 valence electrons. The van der Waals surface area contributed by atoms with E-state index in [0.29, 0.717) is 12.0 Å². The van der Waals surface area contributed by atoms with Crippen molar-refractivity contribution in [3.8, 4) is 5.75 Å². The van der Waals surface area contributed by atoms with Gasteiger partial charge in [-0.25, -0.2) is 0 Å². The lowest BCUT2D eigenvalue weighted by molar-refractivity contribution is 0.225. The summed E-state index contributed by atoms with van der Waals surface area (Å²) in [4.78, 5) is 0. The minimum Gasteiger partial charge on any atom is -0.493 e. The average Bonchev–Trinajstić information content (AvgIpc) is 2.89. The number of nitrogens with two attached hydrogens (primary N) is 1. The highest BCUT2D eigenvalue weighted by Crippen LogP contribution is 2.38. The van der Waals surface area contributed by atoms with Gasteiger partial charge in [-0.05, 0) is 60.8 Å². The fraction of sp³-hybridized carbons (Fsp3) is 0.647. The Bertz CT molecular complexity index is 488. The Balaban J connectivity index is 1.80. The second-order valence-electron chi connectivity index (χ2n) is 6.37. The topological polar surface area (TPSA) is 35.2 Å². The van der Waals surface area contributed by atoms with E-state index in [9.17, 15) is 0 Å². The molecule has 0 amide bonds. The van der Waals surface area contributed by atoms with Gasteiger partial charge in [0.05, 0.1) is 6.61 Å². The molecule has 3 unspecified atom stereocenters. The highest BCUT2D eigenvalue weighted by Gasteiger charge is 2.29. The summed E-state index contributed by atoms with van der Waals surface area (Å²) in [6.45, 7) is 3.13. The van der Waals surface area contributed by atoms with Gasteiger partial charge in [0.1, 0.15) is 5.75 Å². The van der Waals surface area contributed by atoms with Gasteiger partial charge >= 0.3 is 0 Å². The van der Waals surface area contributed by atoms with Crippen molar-refractivity contribution >= 4 is 15.9 Å². The molecule has 1 aliphatic heterocycles. The van der Waals surface area contributed by atoms with Crippen molar-refractivity contribution in [3.63, 3.8) is 0 Å². The van der Waals surface area contributed by atoms with Gasteiger partial charge in [0, 0.05) is 16.9 Å². The summed E-state index contributed by atoms with van der Waals surface area (Å²) in [5.74, 6) is 2.61. The zero-order valence-corrected chi connectivity index (χ0v) is 13.8. The van der Waals surface area contributed by atoms with Gasteiger partial charge in [-0.2, -0.15) is 0 Å². The van der Waals surface area contributed by atoms with Crippen molar-refractivity contribution in [2.24, 2.45) is 17.6 Å². The quantitative estimate of drug-likeness (QED) is 0.901. The van der Waals surface area contributed by atoms with Crippen molar-refractivity contribution in [1.29, 1.82) is 0 Å². The first kappa shape index (κ1) is 14.4. The molecule has 1 aliphatic carbocycles. The Morgan fingerprint density at radius 1 is 1.35 bits per heavy atom. The Kier molecular flexibility index (Phi) is 4.37. The van der Waals surface area contributed by atoms with Crippen LogP contribution in [0.5, 0.6) is 5.75 Å². The predicted octanol–water partition coefficient (Wildman–Crippen LogP) is 4.08. The number of hydrogen-bond donors (Lipinski definition) is 1. The monoisotopic (exact) mass is 337 g/mol. The molecular formula is C17H24BrNO. The van der Waals surface area contributed by atoms with Crippen molar-refractivity contribution in [2.45, 2.75) is 51.5 Å². The van der Waals surface area contributed by atoms with Gasteiger partial charge in [0.2, 0.25) is 0 Å². The van der Waals surface area contributed by atoms with Gasteiger partial charge in [0.15, 0.2) is 0 Å². The van der Waals surface area contributed by atoms with Gasteiger partial charge < -0.3 is 10.5 Å². The summed E-state index contributed by atoms with van der Waals surface area (Å²) in [6.07, 6.45) is 7.16. The van der Waals surface area contributed by atoms with Crippen LogP contribution in [0.3, 0.4) is 0 Å². The number of ether oxygens (including phenoxy) is 1. The first-order valence-corrected chi connectivity index (χ1v) is 8.66. The summed E-state index contributed by atoms with van der Waals surface area (Å²) in [7, 11) is 0. The van der Waals surface area contributed by atoms with E-state index < -0.39 is 0 Å². The number of halogens is 1. The fourth-order valence-corrected chi connectivity index (χ4v) is 4.32. The van der Waals surface area contributed by atoms with Crippen LogP contribution in [0.2, 0.25) is 0 Å². The lowest BCUT2D eigenvalue weighted by Gasteiger charge is -2.34. The summed E-state index contributed by atoms with van der Waals surface area (Å²) in [5, 5.41) is 0. The zero-order valence-electron chi connectivity index (χ0n) is 12.2. The van der Waals surface area contributed by atoms with Crippen LogP contribution in [0.1, 0.15) is 43.7 Å². The molecule has 0 saturated heterocycles. The minimum atomic E-state index is 0.355. The molecule has 20 heavy (non-hydrogen) atoms. The molecule has 1 aromatic rings. The third kappa shape index (κ3) is 2.89. The molecule has 3 heteroatoms. The summed E-state index contributed by atoms with van der Waals surface area (Å²) >= 11 is 3.63. The van der Waals surface area contributed by atoms with Crippen LogP contribution in [-0.2, 0) is 12.8 Å². The van der Waals surface area contributed by atoms with Crippen LogP contribution in [0, 0.1) is 11.8 Å². The number of benzene rings is 1. The predicted molar refractivity (Wildman–Crippen MR) is 86.1 cm³/mol. The van der Waals surface area contributed by atoms with Crippen molar-refractivity contribution < 1.29 is 4.74 Å². The van der Waals surface area contributed by atoms with Crippen LogP contribution in [-0.4, -0.2) is 12.6 Å². The maximum atomic E-state index is 6.37. The van der Waals surface area contributed by atoms with Crippen LogP contribution < -0.4 is 10.5 Å². The zero-order chi connectivity index (χ0) is 14.1. The van der Waals surface area contributed by atoms with Gasteiger partial charge in [-0.15, -0.1) is 0 Å². The summed E-state index contributed by atoms with van der Waals surface area (Å²) < 4.78 is 7.03. The normalized spacial score (nSPS) is 29.1. The smallest absolute Gasteiger partial charge is 0.125 e. The summed E-state index contributed by atoms with van der Waals surface area (Å²) in [6, 6.07) is 4.78. The molecule has 1 heterocycles. The molecule has 0 spiro atoms. The first-order chi connectivity index (χ1) is 9.67. The number of rotatable bonds is 3. The first-order valence-electron chi connectivity index (χ1n) is 7.87. The number of hydrogen-bond acceptors (Lipinski definition) is 2. The molecule has 3 rings (SSSR count). The standard InChI is InChI=1S/C17H24BrNO/c1-2-11-3-4-16(19)13(7-11)8-14-10-15(18)9-12-5-6-20-17(12)14/h9-11,13,16H,2-8,19H2,1H3. The molecule has 2 nitrogen and oxygen atoms in total. The van der Waals surface area contributed by atoms with E-state index in [4.69, 9.17) is 10.5 Å². The third-order valence-electron chi connectivity index (χ3n) is 5.03. The van der Waals surface area contributed by atoms with Gasteiger partial charge in [0.25, 0.3) is 0 Å². The highest BCUT2D eigenvalue weighted by molar-refractivity contribution is 9.10. The molecule has 0 radical (unpaired) electrons. The molecule has 2 N–H and O–H groups in total. The second kappa shape index (κ2) is 6.07. The van der Waals surface area contributed by atoms with E-state index in [2.05, 4.69) is 35.0 Å². The largest absolute Gasteiger partial charge is 0.493 e. The Morgan fingerprint density at radius 3 is 3.00 bits per heavy atom. The molecule has 1 fully saturated rings. The third-order valence-corrected chi connectivity index (χ3v) is 5.49. The van der Waals surface area contributed by atoms with E-state index in [1.54, 1.807) is 0 Å². The molecule has 0 bridgehead atoms. The van der Waals surface area contributed by atoms with Gasteiger partial charge in [-0.1, -0.05) is 29.3 Å².